The number of fused-ring (bicyclic) bond motifs is 1. The first-order chi connectivity index (χ1) is 15.2. The summed E-state index contributed by atoms with van der Waals surface area (Å²) in [5.74, 6) is -0.150. The van der Waals surface area contributed by atoms with Crippen LogP contribution < -0.4 is 4.90 Å². The van der Waals surface area contributed by atoms with E-state index in [4.69, 9.17) is 0 Å². The van der Waals surface area contributed by atoms with Crippen LogP contribution in [0.3, 0.4) is 0 Å². The van der Waals surface area contributed by atoms with Crippen molar-refractivity contribution in [3.8, 4) is 0 Å². The third-order valence-electron chi connectivity index (χ3n) is 6.68. The zero-order chi connectivity index (χ0) is 23.0. The molecule has 1 saturated carbocycles. The predicted molar refractivity (Wildman–Crippen MR) is 132 cm³/mol. The first-order valence-electron chi connectivity index (χ1n) is 11.4. The van der Waals surface area contributed by atoms with Crippen molar-refractivity contribution in [3.05, 3.63) is 57.1 Å². The van der Waals surface area contributed by atoms with Gasteiger partial charge in [-0.05, 0) is 74.9 Å². The van der Waals surface area contributed by atoms with Crippen molar-refractivity contribution in [1.82, 2.24) is 4.31 Å². The van der Waals surface area contributed by atoms with Crippen LogP contribution in [0.5, 0.6) is 0 Å². The van der Waals surface area contributed by atoms with Gasteiger partial charge in [0.05, 0.1) is 11.4 Å². The lowest BCUT2D eigenvalue weighted by molar-refractivity contribution is -0.119. The van der Waals surface area contributed by atoms with Crippen LogP contribution in [0.2, 0.25) is 0 Å². The Morgan fingerprint density at radius 1 is 1.06 bits per heavy atom. The molecule has 1 heterocycles. The van der Waals surface area contributed by atoms with Gasteiger partial charge in [0, 0.05) is 22.7 Å². The number of sulfonamides is 1. The van der Waals surface area contributed by atoms with Gasteiger partial charge in [0.2, 0.25) is 15.9 Å². The number of hydrogen-bond donors (Lipinski definition) is 0. The first-order valence-corrected chi connectivity index (χ1v) is 13.6. The molecule has 0 bridgehead atoms. The average molecular weight is 520 g/mol. The minimum Gasteiger partial charge on any atom is -0.311 e. The molecule has 32 heavy (non-hydrogen) atoms. The van der Waals surface area contributed by atoms with E-state index < -0.39 is 10.0 Å². The molecule has 1 aliphatic heterocycles. The highest BCUT2D eigenvalue weighted by atomic mass is 79.9. The van der Waals surface area contributed by atoms with Crippen molar-refractivity contribution >= 4 is 37.5 Å². The van der Waals surface area contributed by atoms with E-state index in [1.165, 1.54) is 4.31 Å². The van der Waals surface area contributed by atoms with E-state index in [1.54, 1.807) is 4.90 Å². The van der Waals surface area contributed by atoms with Gasteiger partial charge in [-0.25, -0.2) is 8.42 Å². The van der Waals surface area contributed by atoms with Gasteiger partial charge in [-0.2, -0.15) is 4.31 Å². The molecule has 7 heteroatoms. The molecule has 2 aliphatic rings. The molecule has 0 atom stereocenters. The van der Waals surface area contributed by atoms with Crippen LogP contribution in [-0.2, 0) is 21.2 Å². The number of rotatable bonds is 5. The molecule has 0 spiro atoms. The number of hydrogen-bond acceptors (Lipinski definition) is 3. The summed E-state index contributed by atoms with van der Waals surface area (Å²) in [5, 5.41) is 0. The molecule has 1 aliphatic carbocycles. The minimum absolute atomic E-state index is 0.116. The second kappa shape index (κ2) is 9.27. The predicted octanol–water partition coefficient (Wildman–Crippen LogP) is 5.29. The van der Waals surface area contributed by atoms with Crippen molar-refractivity contribution in [3.63, 3.8) is 0 Å². The summed E-state index contributed by atoms with van der Waals surface area (Å²) >= 11 is 3.49. The van der Waals surface area contributed by atoms with Crippen LogP contribution in [0.1, 0.15) is 54.4 Å². The van der Waals surface area contributed by atoms with Crippen LogP contribution in [-0.4, -0.2) is 37.8 Å². The fourth-order valence-corrected chi connectivity index (χ4v) is 7.78. The zero-order valence-electron chi connectivity index (χ0n) is 19.0. The molecule has 0 radical (unpaired) electrons. The van der Waals surface area contributed by atoms with E-state index in [0.29, 0.717) is 11.4 Å². The largest absolute Gasteiger partial charge is 0.311 e. The first kappa shape index (κ1) is 23.5. The lowest BCUT2D eigenvalue weighted by Crippen LogP contribution is -2.48. The van der Waals surface area contributed by atoms with Crippen molar-refractivity contribution in [1.29, 1.82) is 0 Å². The van der Waals surface area contributed by atoms with E-state index in [1.807, 2.05) is 51.1 Å². The maximum absolute atomic E-state index is 14.0. The fraction of sp³-hybridized carbons (Fsp3) is 0.480. The Labute approximate surface area is 200 Å². The number of aryl methyl sites for hydroxylation is 3. The summed E-state index contributed by atoms with van der Waals surface area (Å²) in [4.78, 5) is 15.6. The zero-order valence-corrected chi connectivity index (χ0v) is 21.4. The minimum atomic E-state index is -3.81. The molecule has 1 amide bonds. The topological polar surface area (TPSA) is 57.7 Å². The monoisotopic (exact) mass is 518 g/mol. The number of carbonyl (C=O) groups excluding carboxylic acids is 1. The summed E-state index contributed by atoms with van der Waals surface area (Å²) in [6, 6.07) is 9.60. The van der Waals surface area contributed by atoms with Gasteiger partial charge in [-0.15, -0.1) is 0 Å². The highest BCUT2D eigenvalue weighted by Gasteiger charge is 2.37. The third-order valence-corrected chi connectivity index (χ3v) is 9.38. The summed E-state index contributed by atoms with van der Waals surface area (Å²) in [5.41, 5.74) is 4.53. The molecule has 2 aromatic rings. The van der Waals surface area contributed by atoms with E-state index in [0.717, 1.165) is 70.9 Å². The van der Waals surface area contributed by atoms with Crippen LogP contribution in [0.4, 0.5) is 5.69 Å². The van der Waals surface area contributed by atoms with E-state index in [9.17, 15) is 13.2 Å². The lowest BCUT2D eigenvalue weighted by Gasteiger charge is -2.34. The third kappa shape index (κ3) is 4.52. The highest BCUT2D eigenvalue weighted by Crippen LogP contribution is 2.34. The Morgan fingerprint density at radius 2 is 1.72 bits per heavy atom. The van der Waals surface area contributed by atoms with E-state index >= 15 is 0 Å². The molecular weight excluding hydrogens is 488 g/mol. The Morgan fingerprint density at radius 3 is 2.38 bits per heavy atom. The van der Waals surface area contributed by atoms with E-state index in [-0.39, 0.29) is 18.5 Å². The molecular formula is C25H31BrN2O3S. The standard InChI is InChI=1S/C25H31BrN2O3S/c1-17-13-18(2)25(19(3)14-17)32(30,31)28(22-7-5-4-6-8-22)16-24(29)27-12-11-20-15-21(26)9-10-23(20)27/h9-10,13-15,22H,4-8,11-12,16H2,1-3H3. The normalized spacial score (nSPS) is 17.1. The summed E-state index contributed by atoms with van der Waals surface area (Å²) in [6.45, 7) is 6.15. The van der Waals surface area contributed by atoms with Crippen molar-refractivity contribution in [2.24, 2.45) is 0 Å². The van der Waals surface area contributed by atoms with Gasteiger partial charge in [-0.1, -0.05) is 52.9 Å². The number of amides is 1. The van der Waals surface area contributed by atoms with Crippen molar-refractivity contribution < 1.29 is 13.2 Å². The Hall–Kier alpha value is -1.70. The second-order valence-electron chi connectivity index (χ2n) is 9.14. The summed E-state index contributed by atoms with van der Waals surface area (Å²) in [7, 11) is -3.81. The van der Waals surface area contributed by atoms with Gasteiger partial charge in [-0.3, -0.25) is 4.79 Å². The number of halogens is 1. The van der Waals surface area contributed by atoms with Gasteiger partial charge in [0.1, 0.15) is 0 Å². The maximum atomic E-state index is 14.0. The Kier molecular flexibility index (Phi) is 6.80. The van der Waals surface area contributed by atoms with Crippen LogP contribution in [0.25, 0.3) is 0 Å². The number of benzene rings is 2. The SMILES string of the molecule is Cc1cc(C)c(S(=O)(=O)N(CC(=O)N2CCc3cc(Br)ccc32)C2CCCCC2)c(C)c1. The van der Waals surface area contributed by atoms with Crippen molar-refractivity contribution in [2.45, 2.75) is 70.2 Å². The summed E-state index contributed by atoms with van der Waals surface area (Å²) in [6.07, 6.45) is 5.51. The molecule has 0 N–H and O–H groups in total. The fourth-order valence-electron chi connectivity index (χ4n) is 5.32. The molecule has 172 valence electrons. The van der Waals surface area contributed by atoms with E-state index in [2.05, 4.69) is 15.9 Å². The smallest absolute Gasteiger partial charge is 0.244 e. The van der Waals surface area contributed by atoms with Crippen molar-refractivity contribution in [2.75, 3.05) is 18.0 Å². The number of carbonyl (C=O) groups is 1. The number of nitrogens with zero attached hydrogens (tertiary/aromatic N) is 2. The molecule has 5 nitrogen and oxygen atoms in total. The van der Waals surface area contributed by atoms with Gasteiger partial charge in [0.15, 0.2) is 0 Å². The second-order valence-corrected chi connectivity index (χ2v) is 11.9. The molecule has 0 saturated heterocycles. The summed E-state index contributed by atoms with van der Waals surface area (Å²) < 4.78 is 30.4. The average Bonchev–Trinajstić information content (AvgIpc) is 3.14. The molecule has 0 unspecified atom stereocenters. The van der Waals surface area contributed by atoms with Crippen LogP contribution in [0, 0.1) is 20.8 Å². The Bertz CT molecular complexity index is 1120. The van der Waals surface area contributed by atoms with Gasteiger partial charge in [0.25, 0.3) is 0 Å². The van der Waals surface area contributed by atoms with Gasteiger partial charge >= 0.3 is 0 Å². The Balaban J connectivity index is 1.69. The highest BCUT2D eigenvalue weighted by molar-refractivity contribution is 9.10. The van der Waals surface area contributed by atoms with Gasteiger partial charge < -0.3 is 4.90 Å². The van der Waals surface area contributed by atoms with Crippen LogP contribution in [0.15, 0.2) is 39.7 Å². The molecule has 2 aromatic carbocycles. The molecule has 1 fully saturated rings. The maximum Gasteiger partial charge on any atom is 0.244 e. The quantitative estimate of drug-likeness (QED) is 0.540. The molecule has 0 aromatic heterocycles. The molecule has 4 rings (SSSR count). The number of anilines is 1. The lowest BCUT2D eigenvalue weighted by atomic mass is 9.95. The van der Waals surface area contributed by atoms with Crippen LogP contribution >= 0.6 is 15.9 Å².